The van der Waals surface area contributed by atoms with Gasteiger partial charge in [-0.15, -0.1) is 0 Å². The number of nitrogens with zero attached hydrogens (tertiary/aromatic N) is 1. The first-order valence-electron chi connectivity index (χ1n) is 4.64. The molecule has 0 heterocycles. The van der Waals surface area contributed by atoms with Crippen LogP contribution in [-0.4, -0.2) is 16.2 Å². The van der Waals surface area contributed by atoms with Gasteiger partial charge in [0.25, 0.3) is 0 Å². The summed E-state index contributed by atoms with van der Waals surface area (Å²) in [5, 5.41) is 26.4. The van der Waals surface area contributed by atoms with Crippen LogP contribution < -0.4 is 0 Å². The summed E-state index contributed by atoms with van der Waals surface area (Å²) in [4.78, 5) is 10.7. The summed E-state index contributed by atoms with van der Waals surface area (Å²) in [6.45, 7) is 1.66. The van der Waals surface area contributed by atoms with Crippen LogP contribution in [0.15, 0.2) is 23.8 Å². The van der Waals surface area contributed by atoms with Gasteiger partial charge < -0.3 is 10.2 Å². The van der Waals surface area contributed by atoms with Gasteiger partial charge in [0.15, 0.2) is 0 Å². The second-order valence-electron chi connectivity index (χ2n) is 3.34. The molecule has 0 atom stereocenters. The van der Waals surface area contributed by atoms with E-state index in [1.54, 1.807) is 18.2 Å². The lowest BCUT2D eigenvalue weighted by Crippen LogP contribution is -1.99. The van der Waals surface area contributed by atoms with Crippen molar-refractivity contribution in [2.24, 2.45) is 0 Å². The van der Waals surface area contributed by atoms with Crippen LogP contribution in [0.5, 0.6) is 0 Å². The average Bonchev–Trinajstić information content (AvgIpc) is 2.25. The summed E-state index contributed by atoms with van der Waals surface area (Å²) in [6.07, 6.45) is 1.26. The van der Waals surface area contributed by atoms with Crippen LogP contribution in [0, 0.1) is 18.3 Å². The van der Waals surface area contributed by atoms with Crippen LogP contribution >= 0.6 is 0 Å². The van der Waals surface area contributed by atoms with Gasteiger partial charge in [0.1, 0.15) is 11.6 Å². The Bertz CT molecular complexity index is 484. The first-order chi connectivity index (χ1) is 7.58. The Balaban J connectivity index is 3.27. The minimum atomic E-state index is -1.27. The highest BCUT2D eigenvalue weighted by atomic mass is 16.4. The van der Waals surface area contributed by atoms with Crippen LogP contribution in [0.4, 0.5) is 0 Å². The molecule has 4 heteroatoms. The molecule has 1 rings (SSSR count). The summed E-state index contributed by atoms with van der Waals surface area (Å²) in [5.41, 5.74) is 1.74. The van der Waals surface area contributed by atoms with Crippen molar-refractivity contribution in [3.8, 4) is 6.07 Å². The number of carbonyl (C=O) groups is 1. The summed E-state index contributed by atoms with van der Waals surface area (Å²) in [6, 6.07) is 6.85. The Morgan fingerprint density at radius 2 is 2.25 bits per heavy atom. The number of carboxylic acids is 1. The summed E-state index contributed by atoms with van der Waals surface area (Å²) in [7, 11) is 0. The molecular weight excluding hydrogens is 206 g/mol. The van der Waals surface area contributed by atoms with E-state index >= 15 is 0 Å². The monoisotopic (exact) mass is 217 g/mol. The highest BCUT2D eigenvalue weighted by Crippen LogP contribution is 2.15. The van der Waals surface area contributed by atoms with Crippen LogP contribution in [0.25, 0.3) is 6.08 Å². The lowest BCUT2D eigenvalue weighted by atomic mass is 10.0. The molecule has 0 spiro atoms. The predicted octanol–water partition coefficient (Wildman–Crippen LogP) is 1.48. The molecule has 0 unspecified atom stereocenters. The van der Waals surface area contributed by atoms with Crippen molar-refractivity contribution in [1.29, 1.82) is 5.26 Å². The highest BCUT2D eigenvalue weighted by molar-refractivity contribution is 5.96. The quantitative estimate of drug-likeness (QED) is 0.593. The van der Waals surface area contributed by atoms with Crippen molar-refractivity contribution in [3.63, 3.8) is 0 Å². The fourth-order valence-electron chi connectivity index (χ4n) is 1.29. The van der Waals surface area contributed by atoms with Crippen molar-refractivity contribution in [2.75, 3.05) is 0 Å². The van der Waals surface area contributed by atoms with Crippen molar-refractivity contribution >= 4 is 12.0 Å². The van der Waals surface area contributed by atoms with Gasteiger partial charge in [-0.05, 0) is 24.1 Å². The van der Waals surface area contributed by atoms with E-state index in [-0.39, 0.29) is 12.2 Å². The zero-order valence-corrected chi connectivity index (χ0v) is 8.77. The zero-order valence-electron chi connectivity index (χ0n) is 8.77. The van der Waals surface area contributed by atoms with Gasteiger partial charge in [0, 0.05) is 0 Å². The van der Waals surface area contributed by atoms with Gasteiger partial charge in [-0.25, -0.2) is 4.79 Å². The predicted molar refractivity (Wildman–Crippen MR) is 58.3 cm³/mol. The molecule has 16 heavy (non-hydrogen) atoms. The summed E-state index contributed by atoms with van der Waals surface area (Å²) >= 11 is 0. The van der Waals surface area contributed by atoms with E-state index < -0.39 is 5.97 Å². The highest BCUT2D eigenvalue weighted by Gasteiger charge is 2.07. The van der Waals surface area contributed by atoms with Crippen LogP contribution in [-0.2, 0) is 11.4 Å². The Morgan fingerprint density at radius 3 is 2.75 bits per heavy atom. The van der Waals surface area contributed by atoms with Crippen molar-refractivity contribution in [2.45, 2.75) is 13.5 Å². The topological polar surface area (TPSA) is 81.3 Å². The first-order valence-corrected chi connectivity index (χ1v) is 4.64. The number of hydrogen-bond donors (Lipinski definition) is 2. The maximum Gasteiger partial charge on any atom is 0.346 e. The van der Waals surface area contributed by atoms with Crippen LogP contribution in [0.1, 0.15) is 16.7 Å². The van der Waals surface area contributed by atoms with Gasteiger partial charge in [0.2, 0.25) is 0 Å². The molecule has 82 valence electrons. The molecule has 0 fully saturated rings. The number of aryl methyl sites for hydroxylation is 1. The number of nitriles is 1. The molecule has 0 amide bonds. The lowest BCUT2D eigenvalue weighted by Gasteiger charge is -2.04. The second-order valence-corrected chi connectivity index (χ2v) is 3.34. The smallest absolute Gasteiger partial charge is 0.346 e. The molecular formula is C12H11NO3. The van der Waals surface area contributed by atoms with Gasteiger partial charge in [-0.1, -0.05) is 23.8 Å². The second kappa shape index (κ2) is 5.10. The number of carboxylic acid groups (broad SMARTS) is 1. The number of benzene rings is 1. The molecule has 0 saturated carbocycles. The summed E-state index contributed by atoms with van der Waals surface area (Å²) in [5.74, 6) is -1.27. The molecule has 0 saturated heterocycles. The lowest BCUT2D eigenvalue weighted by molar-refractivity contribution is -0.132. The third-order valence-corrected chi connectivity index (χ3v) is 2.12. The van der Waals surface area contributed by atoms with E-state index in [2.05, 4.69) is 0 Å². The van der Waals surface area contributed by atoms with Crippen molar-refractivity contribution < 1.29 is 15.0 Å². The molecule has 1 aromatic carbocycles. The summed E-state index contributed by atoms with van der Waals surface area (Å²) < 4.78 is 0. The van der Waals surface area contributed by atoms with Crippen molar-refractivity contribution in [3.05, 3.63) is 40.5 Å². The standard InChI is InChI=1S/C12H11NO3/c1-8-2-3-9(7-14)10(4-8)5-11(6-13)12(15)16/h2-5,14H,7H2,1H3,(H,15,16)/b11-5+. The minimum Gasteiger partial charge on any atom is -0.477 e. The largest absolute Gasteiger partial charge is 0.477 e. The van der Waals surface area contributed by atoms with Gasteiger partial charge >= 0.3 is 5.97 Å². The Hall–Kier alpha value is -2.12. The van der Waals surface area contributed by atoms with E-state index in [9.17, 15) is 4.79 Å². The minimum absolute atomic E-state index is 0.190. The van der Waals surface area contributed by atoms with E-state index in [1.165, 1.54) is 6.08 Å². The normalized spacial score (nSPS) is 10.9. The van der Waals surface area contributed by atoms with Crippen molar-refractivity contribution in [1.82, 2.24) is 0 Å². The zero-order chi connectivity index (χ0) is 12.1. The maximum atomic E-state index is 10.7. The fraction of sp³-hybridized carbons (Fsp3) is 0.167. The van der Waals surface area contributed by atoms with Gasteiger partial charge in [0.05, 0.1) is 6.61 Å². The van der Waals surface area contributed by atoms with E-state index in [1.807, 2.05) is 13.0 Å². The van der Waals surface area contributed by atoms with E-state index in [0.717, 1.165) is 5.56 Å². The third-order valence-electron chi connectivity index (χ3n) is 2.12. The Kier molecular flexibility index (Phi) is 3.81. The maximum absolute atomic E-state index is 10.7. The molecule has 4 nitrogen and oxygen atoms in total. The number of aliphatic carboxylic acids is 1. The number of aliphatic hydroxyl groups excluding tert-OH is 1. The molecule has 0 aliphatic rings. The SMILES string of the molecule is Cc1ccc(CO)c(/C=C(\C#N)C(=O)O)c1. The molecule has 2 N–H and O–H groups in total. The van der Waals surface area contributed by atoms with E-state index in [4.69, 9.17) is 15.5 Å². The Morgan fingerprint density at radius 1 is 1.56 bits per heavy atom. The van der Waals surface area contributed by atoms with Crippen LogP contribution in [0.3, 0.4) is 0 Å². The molecule has 1 aromatic rings. The molecule has 0 aromatic heterocycles. The number of aliphatic hydroxyl groups is 1. The molecule has 0 aliphatic carbocycles. The molecule has 0 bridgehead atoms. The van der Waals surface area contributed by atoms with Gasteiger partial charge in [-0.3, -0.25) is 0 Å². The molecule has 0 aliphatic heterocycles. The fourth-order valence-corrected chi connectivity index (χ4v) is 1.29. The van der Waals surface area contributed by atoms with Crippen LogP contribution in [0.2, 0.25) is 0 Å². The molecule has 0 radical (unpaired) electrons. The van der Waals surface area contributed by atoms with E-state index in [0.29, 0.717) is 11.1 Å². The average molecular weight is 217 g/mol. The third kappa shape index (κ3) is 2.69. The number of hydrogen-bond acceptors (Lipinski definition) is 3. The first kappa shape index (κ1) is 12.0. The Labute approximate surface area is 93.1 Å². The number of rotatable bonds is 3. The van der Waals surface area contributed by atoms with Gasteiger partial charge in [-0.2, -0.15) is 5.26 Å².